The molecular weight excluding hydrogens is 286 g/mol. The van der Waals surface area contributed by atoms with Gasteiger partial charge in [0.1, 0.15) is 5.75 Å². The van der Waals surface area contributed by atoms with Crippen LogP contribution in [0.4, 0.5) is 0 Å². The lowest BCUT2D eigenvalue weighted by atomic mass is 10.1. The number of fused-ring (bicyclic) bond motifs is 1. The van der Waals surface area contributed by atoms with E-state index in [9.17, 15) is 4.79 Å². The van der Waals surface area contributed by atoms with Crippen LogP contribution in [0.2, 0.25) is 5.02 Å². The molecule has 0 atom stereocenters. The van der Waals surface area contributed by atoms with Crippen molar-refractivity contribution >= 4 is 28.8 Å². The topological polar surface area (TPSA) is 42.1 Å². The van der Waals surface area contributed by atoms with Gasteiger partial charge in [0.2, 0.25) is 0 Å². The van der Waals surface area contributed by atoms with Gasteiger partial charge in [-0.15, -0.1) is 0 Å². The molecule has 0 aliphatic rings. The fourth-order valence-electron chi connectivity index (χ4n) is 2.41. The first-order chi connectivity index (χ1) is 10.2. The fraction of sp³-hybridized carbons (Fsp3) is 0.118. The van der Waals surface area contributed by atoms with Gasteiger partial charge >= 0.3 is 0 Å². The van der Waals surface area contributed by atoms with Crippen LogP contribution in [-0.4, -0.2) is 17.9 Å². The number of hydrogen-bond acceptors (Lipinski definition) is 2. The van der Waals surface area contributed by atoms with Gasteiger partial charge in [-0.3, -0.25) is 4.79 Å². The Kier molecular flexibility index (Phi) is 3.67. The van der Waals surface area contributed by atoms with Gasteiger partial charge in [-0.2, -0.15) is 0 Å². The van der Waals surface area contributed by atoms with E-state index in [0.29, 0.717) is 17.2 Å². The van der Waals surface area contributed by atoms with E-state index in [0.717, 1.165) is 34.2 Å². The van der Waals surface area contributed by atoms with Gasteiger partial charge < -0.3 is 9.72 Å². The Morgan fingerprint density at radius 1 is 1.19 bits per heavy atom. The van der Waals surface area contributed by atoms with Crippen molar-refractivity contribution in [3.63, 3.8) is 0 Å². The van der Waals surface area contributed by atoms with Crippen molar-refractivity contribution < 1.29 is 9.53 Å². The van der Waals surface area contributed by atoms with E-state index < -0.39 is 0 Å². The van der Waals surface area contributed by atoms with E-state index in [1.807, 2.05) is 49.4 Å². The fourth-order valence-corrected chi connectivity index (χ4v) is 2.54. The Morgan fingerprint density at radius 3 is 2.62 bits per heavy atom. The summed E-state index contributed by atoms with van der Waals surface area (Å²) < 4.78 is 5.50. The van der Waals surface area contributed by atoms with Crippen LogP contribution in [0.5, 0.6) is 5.75 Å². The van der Waals surface area contributed by atoms with Crippen LogP contribution >= 0.6 is 11.6 Å². The Bertz CT molecular complexity index is 790. The summed E-state index contributed by atoms with van der Waals surface area (Å²) in [6.45, 7) is 2.53. The van der Waals surface area contributed by atoms with Crippen molar-refractivity contribution in [3.05, 3.63) is 53.1 Å². The number of carbonyl (C=O) groups is 1. The highest BCUT2D eigenvalue weighted by atomic mass is 35.5. The van der Waals surface area contributed by atoms with Gasteiger partial charge in [-0.25, -0.2) is 0 Å². The Labute approximate surface area is 127 Å². The summed E-state index contributed by atoms with van der Waals surface area (Å²) >= 11 is 5.91. The first-order valence-electron chi connectivity index (χ1n) is 6.72. The number of aldehydes is 1. The van der Waals surface area contributed by atoms with Crippen molar-refractivity contribution in [2.45, 2.75) is 6.92 Å². The van der Waals surface area contributed by atoms with Gasteiger partial charge in [-0.1, -0.05) is 23.7 Å². The zero-order chi connectivity index (χ0) is 14.8. The summed E-state index contributed by atoms with van der Waals surface area (Å²) in [6.07, 6.45) is 0.874. The molecule has 0 saturated heterocycles. The second kappa shape index (κ2) is 5.62. The minimum atomic E-state index is 0.594. The molecule has 2 aromatic carbocycles. The number of halogens is 1. The molecule has 0 bridgehead atoms. The number of carbonyl (C=O) groups excluding carboxylic acids is 1. The standard InChI is InChI=1S/C17H14ClNO2/c1-2-21-13-7-8-16-14(9-13)15(10-20)17(19-16)11-3-5-12(18)6-4-11/h3-10,19H,2H2,1H3. The van der Waals surface area contributed by atoms with Crippen LogP contribution in [-0.2, 0) is 0 Å². The number of hydrogen-bond donors (Lipinski definition) is 1. The SMILES string of the molecule is CCOc1ccc2[nH]c(-c3ccc(Cl)cc3)c(C=O)c2c1. The minimum absolute atomic E-state index is 0.594. The maximum Gasteiger partial charge on any atom is 0.152 e. The first kappa shape index (κ1) is 13.7. The summed E-state index contributed by atoms with van der Waals surface area (Å²) in [5.74, 6) is 0.759. The molecule has 3 nitrogen and oxygen atoms in total. The summed E-state index contributed by atoms with van der Waals surface area (Å²) in [5, 5.41) is 1.53. The maximum absolute atomic E-state index is 11.5. The van der Waals surface area contributed by atoms with E-state index in [1.165, 1.54) is 0 Å². The molecule has 3 aromatic rings. The maximum atomic E-state index is 11.5. The van der Waals surface area contributed by atoms with E-state index in [1.54, 1.807) is 0 Å². The van der Waals surface area contributed by atoms with Crippen LogP contribution in [0, 0.1) is 0 Å². The Morgan fingerprint density at radius 2 is 1.95 bits per heavy atom. The van der Waals surface area contributed by atoms with Crippen LogP contribution in [0.25, 0.3) is 22.2 Å². The number of rotatable bonds is 4. The molecule has 0 aliphatic heterocycles. The summed E-state index contributed by atoms with van der Waals surface area (Å²) in [4.78, 5) is 14.8. The molecule has 0 radical (unpaired) electrons. The molecule has 1 N–H and O–H groups in total. The molecule has 1 heterocycles. The molecule has 0 saturated carbocycles. The molecule has 0 fully saturated rings. The number of ether oxygens (including phenoxy) is 1. The molecule has 106 valence electrons. The normalized spacial score (nSPS) is 10.8. The molecule has 0 unspecified atom stereocenters. The lowest BCUT2D eigenvalue weighted by molar-refractivity contribution is 0.112. The molecule has 3 rings (SSSR count). The Hall–Kier alpha value is -2.26. The highest BCUT2D eigenvalue weighted by Gasteiger charge is 2.13. The molecule has 4 heteroatoms. The monoisotopic (exact) mass is 299 g/mol. The van der Waals surface area contributed by atoms with E-state index in [4.69, 9.17) is 16.3 Å². The summed E-state index contributed by atoms with van der Waals surface area (Å²) in [6, 6.07) is 13.1. The molecule has 0 aliphatic carbocycles. The summed E-state index contributed by atoms with van der Waals surface area (Å²) in [7, 11) is 0. The number of H-pyrrole nitrogens is 1. The van der Waals surface area contributed by atoms with Crippen molar-refractivity contribution in [3.8, 4) is 17.0 Å². The number of aromatic nitrogens is 1. The zero-order valence-electron chi connectivity index (χ0n) is 11.5. The molecular formula is C17H14ClNO2. The molecule has 0 spiro atoms. The predicted molar refractivity (Wildman–Crippen MR) is 85.3 cm³/mol. The van der Waals surface area contributed by atoms with Crippen molar-refractivity contribution in [1.82, 2.24) is 4.98 Å². The first-order valence-corrected chi connectivity index (χ1v) is 7.10. The second-order valence-electron chi connectivity index (χ2n) is 4.68. The van der Waals surface area contributed by atoms with Crippen molar-refractivity contribution in [2.75, 3.05) is 6.61 Å². The van der Waals surface area contributed by atoms with Gasteiger partial charge in [0.25, 0.3) is 0 Å². The summed E-state index contributed by atoms with van der Waals surface area (Å²) in [5.41, 5.74) is 3.26. The number of aromatic amines is 1. The van der Waals surface area contributed by atoms with Crippen LogP contribution < -0.4 is 4.74 Å². The van der Waals surface area contributed by atoms with E-state index >= 15 is 0 Å². The van der Waals surface area contributed by atoms with Gasteiger partial charge in [-0.05, 0) is 42.8 Å². The lowest BCUT2D eigenvalue weighted by Gasteiger charge is -2.02. The van der Waals surface area contributed by atoms with Crippen LogP contribution in [0.1, 0.15) is 17.3 Å². The molecule has 0 amide bonds. The Balaban J connectivity index is 2.19. The van der Waals surface area contributed by atoms with Crippen LogP contribution in [0.15, 0.2) is 42.5 Å². The average Bonchev–Trinajstić information content (AvgIpc) is 2.86. The third kappa shape index (κ3) is 2.52. The minimum Gasteiger partial charge on any atom is -0.494 e. The predicted octanol–water partition coefficient (Wildman–Crippen LogP) is 4.70. The third-order valence-electron chi connectivity index (χ3n) is 3.37. The second-order valence-corrected chi connectivity index (χ2v) is 5.12. The van der Waals surface area contributed by atoms with Gasteiger partial charge in [0.15, 0.2) is 6.29 Å². The quantitative estimate of drug-likeness (QED) is 0.710. The van der Waals surface area contributed by atoms with Gasteiger partial charge in [0, 0.05) is 21.5 Å². The van der Waals surface area contributed by atoms with Crippen molar-refractivity contribution in [1.29, 1.82) is 0 Å². The molecule has 21 heavy (non-hydrogen) atoms. The zero-order valence-corrected chi connectivity index (χ0v) is 12.3. The van der Waals surface area contributed by atoms with Crippen LogP contribution in [0.3, 0.4) is 0 Å². The van der Waals surface area contributed by atoms with E-state index in [-0.39, 0.29) is 0 Å². The lowest BCUT2D eigenvalue weighted by Crippen LogP contribution is -1.90. The number of benzene rings is 2. The number of nitrogens with one attached hydrogen (secondary N) is 1. The largest absolute Gasteiger partial charge is 0.494 e. The highest BCUT2D eigenvalue weighted by Crippen LogP contribution is 2.32. The third-order valence-corrected chi connectivity index (χ3v) is 3.62. The smallest absolute Gasteiger partial charge is 0.152 e. The van der Waals surface area contributed by atoms with Crippen molar-refractivity contribution in [2.24, 2.45) is 0 Å². The van der Waals surface area contributed by atoms with E-state index in [2.05, 4.69) is 4.98 Å². The highest BCUT2D eigenvalue weighted by molar-refractivity contribution is 6.30. The average molecular weight is 300 g/mol. The van der Waals surface area contributed by atoms with Gasteiger partial charge in [0.05, 0.1) is 12.3 Å². The molecule has 1 aromatic heterocycles.